The Hall–Kier alpha value is -2.05. The maximum atomic E-state index is 10.2. The van der Waals surface area contributed by atoms with Crippen molar-refractivity contribution in [3.63, 3.8) is 0 Å². The van der Waals surface area contributed by atoms with Gasteiger partial charge in [0.2, 0.25) is 5.95 Å². The number of anilines is 2. The summed E-state index contributed by atoms with van der Waals surface area (Å²) < 4.78 is 7.25. The van der Waals surface area contributed by atoms with Gasteiger partial charge in [-0.25, -0.2) is 4.98 Å². The van der Waals surface area contributed by atoms with Crippen molar-refractivity contribution in [1.82, 2.24) is 24.4 Å². The van der Waals surface area contributed by atoms with Gasteiger partial charge in [0.25, 0.3) is 0 Å². The van der Waals surface area contributed by atoms with Crippen molar-refractivity contribution in [2.24, 2.45) is 0 Å². The molecule has 3 heterocycles. The summed E-state index contributed by atoms with van der Waals surface area (Å²) in [4.78, 5) is 15.4. The molecule has 3 rings (SSSR count). The van der Waals surface area contributed by atoms with Crippen molar-refractivity contribution in [1.29, 1.82) is 0 Å². The molecule has 2 aromatic rings. The van der Waals surface area contributed by atoms with Crippen LogP contribution in [0.25, 0.3) is 11.2 Å². The van der Waals surface area contributed by atoms with Gasteiger partial charge in [-0.15, -0.1) is 0 Å². The average molecular weight is 409 g/mol. The minimum absolute atomic E-state index is 0.211. The zero-order chi connectivity index (χ0) is 21.0. The molecule has 0 bridgehead atoms. The SMILES string of the molecule is CCN(CC)CCCNc1nc(N)c2ncn(C[C@@H]3O[C@H](CO)[C@@H](O)[C@H]3O)c2n1. The Morgan fingerprint density at radius 1 is 1.21 bits per heavy atom. The number of hydrogen-bond donors (Lipinski definition) is 5. The van der Waals surface area contributed by atoms with Crippen molar-refractivity contribution in [3.05, 3.63) is 6.33 Å². The Kier molecular flexibility index (Phi) is 7.19. The molecule has 11 nitrogen and oxygen atoms in total. The van der Waals surface area contributed by atoms with Crippen molar-refractivity contribution < 1.29 is 20.1 Å². The molecule has 1 fully saturated rings. The third kappa shape index (κ3) is 4.75. The maximum Gasteiger partial charge on any atom is 0.226 e. The summed E-state index contributed by atoms with van der Waals surface area (Å²) in [6.07, 6.45) is -1.25. The molecular formula is C18H31N7O4. The third-order valence-corrected chi connectivity index (χ3v) is 5.34. The molecule has 0 radical (unpaired) electrons. The Bertz CT molecular complexity index is 798. The highest BCUT2D eigenvalue weighted by Crippen LogP contribution is 2.25. The number of nitrogen functional groups attached to an aromatic ring is 1. The second-order valence-electron chi connectivity index (χ2n) is 7.19. The summed E-state index contributed by atoms with van der Waals surface area (Å²) in [5, 5.41) is 32.6. The van der Waals surface area contributed by atoms with Crippen molar-refractivity contribution in [2.45, 2.75) is 51.2 Å². The topological polar surface area (TPSA) is 155 Å². The first-order valence-electron chi connectivity index (χ1n) is 10.0. The monoisotopic (exact) mass is 409 g/mol. The maximum absolute atomic E-state index is 10.2. The van der Waals surface area contributed by atoms with Gasteiger partial charge in [0, 0.05) is 6.54 Å². The van der Waals surface area contributed by atoms with E-state index in [0.29, 0.717) is 23.7 Å². The number of aliphatic hydroxyl groups is 3. The number of nitrogens with two attached hydrogens (primary N) is 1. The van der Waals surface area contributed by atoms with Crippen LogP contribution in [-0.2, 0) is 11.3 Å². The molecule has 1 aliphatic heterocycles. The molecule has 162 valence electrons. The van der Waals surface area contributed by atoms with Gasteiger partial charge in [-0.05, 0) is 26.1 Å². The molecule has 29 heavy (non-hydrogen) atoms. The number of aromatic nitrogens is 4. The van der Waals surface area contributed by atoms with Gasteiger partial charge < -0.3 is 40.6 Å². The fourth-order valence-electron chi connectivity index (χ4n) is 3.54. The molecule has 0 aromatic carbocycles. The van der Waals surface area contributed by atoms with Crippen LogP contribution in [0.2, 0.25) is 0 Å². The van der Waals surface area contributed by atoms with E-state index < -0.39 is 24.4 Å². The standard InChI is InChI=1S/C18H31N7O4/c1-3-24(4-2)7-5-6-20-18-22-16(19)13-17(23-18)25(10-21-13)8-11-14(27)15(28)12(9-26)29-11/h10-12,14-15,26-28H,3-9H2,1-2H3,(H3,19,20,22,23)/t11-,12+,14-,15+/m0/s1. The number of fused-ring (bicyclic) bond motifs is 1. The fraction of sp³-hybridized carbons (Fsp3) is 0.722. The number of aliphatic hydroxyl groups excluding tert-OH is 3. The number of rotatable bonds is 10. The lowest BCUT2D eigenvalue weighted by molar-refractivity contribution is -0.0262. The van der Waals surface area contributed by atoms with Crippen LogP contribution < -0.4 is 11.1 Å². The molecule has 1 aliphatic rings. The summed E-state index contributed by atoms with van der Waals surface area (Å²) in [5.74, 6) is 0.679. The molecule has 1 saturated heterocycles. The average Bonchev–Trinajstić information content (AvgIpc) is 3.24. The van der Waals surface area contributed by atoms with Gasteiger partial charge in [0.15, 0.2) is 11.5 Å². The first-order chi connectivity index (χ1) is 14.0. The van der Waals surface area contributed by atoms with Crippen LogP contribution in [0.15, 0.2) is 6.33 Å². The van der Waals surface area contributed by atoms with Gasteiger partial charge >= 0.3 is 0 Å². The second kappa shape index (κ2) is 9.63. The second-order valence-corrected chi connectivity index (χ2v) is 7.19. The molecule has 0 unspecified atom stereocenters. The fourth-order valence-corrected chi connectivity index (χ4v) is 3.54. The van der Waals surface area contributed by atoms with E-state index in [1.54, 1.807) is 10.9 Å². The summed E-state index contributed by atoms with van der Waals surface area (Å²) in [5.41, 5.74) is 7.02. The number of imidazole rings is 1. The summed E-state index contributed by atoms with van der Waals surface area (Å²) in [7, 11) is 0. The quantitative estimate of drug-likeness (QED) is 0.310. The van der Waals surface area contributed by atoms with Crippen LogP contribution in [0.5, 0.6) is 0 Å². The van der Waals surface area contributed by atoms with Gasteiger partial charge in [-0.2, -0.15) is 9.97 Å². The smallest absolute Gasteiger partial charge is 0.226 e. The number of nitrogens with zero attached hydrogens (tertiary/aromatic N) is 5. The molecule has 4 atom stereocenters. The zero-order valence-corrected chi connectivity index (χ0v) is 16.9. The van der Waals surface area contributed by atoms with E-state index >= 15 is 0 Å². The van der Waals surface area contributed by atoms with E-state index in [0.717, 1.165) is 26.1 Å². The van der Waals surface area contributed by atoms with Gasteiger partial charge in [0.1, 0.15) is 29.9 Å². The number of hydrogen-bond acceptors (Lipinski definition) is 10. The largest absolute Gasteiger partial charge is 0.394 e. The summed E-state index contributed by atoms with van der Waals surface area (Å²) in [6, 6.07) is 0. The lowest BCUT2D eigenvalue weighted by Gasteiger charge is -2.17. The van der Waals surface area contributed by atoms with E-state index in [1.165, 1.54) is 0 Å². The van der Waals surface area contributed by atoms with Crippen LogP contribution in [0, 0.1) is 0 Å². The minimum atomic E-state index is -1.14. The van der Waals surface area contributed by atoms with Crippen molar-refractivity contribution in [2.75, 3.05) is 43.8 Å². The van der Waals surface area contributed by atoms with Gasteiger partial charge in [-0.3, -0.25) is 0 Å². The lowest BCUT2D eigenvalue weighted by Crippen LogP contribution is -2.35. The molecule has 0 saturated carbocycles. The van der Waals surface area contributed by atoms with Crippen LogP contribution in [0.3, 0.4) is 0 Å². The van der Waals surface area contributed by atoms with Gasteiger partial charge in [-0.1, -0.05) is 13.8 Å². The molecular weight excluding hydrogens is 378 g/mol. The van der Waals surface area contributed by atoms with E-state index in [2.05, 4.69) is 39.0 Å². The first kappa shape index (κ1) is 21.7. The minimum Gasteiger partial charge on any atom is -0.394 e. The summed E-state index contributed by atoms with van der Waals surface area (Å²) >= 11 is 0. The third-order valence-electron chi connectivity index (χ3n) is 5.34. The Balaban J connectivity index is 1.69. The summed E-state index contributed by atoms with van der Waals surface area (Å²) in [6.45, 7) is 7.87. The zero-order valence-electron chi connectivity index (χ0n) is 16.9. The predicted octanol–water partition coefficient (Wildman–Crippen LogP) is -0.966. The Morgan fingerprint density at radius 2 is 1.93 bits per heavy atom. The van der Waals surface area contributed by atoms with Crippen LogP contribution in [0.4, 0.5) is 11.8 Å². The molecule has 0 amide bonds. The van der Waals surface area contributed by atoms with Crippen LogP contribution >= 0.6 is 0 Å². The predicted molar refractivity (Wildman–Crippen MR) is 108 cm³/mol. The number of ether oxygens (including phenoxy) is 1. The molecule has 0 aliphatic carbocycles. The van der Waals surface area contributed by atoms with E-state index in [9.17, 15) is 15.3 Å². The highest BCUT2D eigenvalue weighted by Gasteiger charge is 2.42. The highest BCUT2D eigenvalue weighted by atomic mass is 16.6. The van der Waals surface area contributed by atoms with Crippen molar-refractivity contribution >= 4 is 22.9 Å². The molecule has 11 heteroatoms. The van der Waals surface area contributed by atoms with Gasteiger partial charge in [0.05, 0.1) is 19.5 Å². The van der Waals surface area contributed by atoms with Crippen LogP contribution in [-0.4, -0.2) is 96.9 Å². The van der Waals surface area contributed by atoms with Crippen molar-refractivity contribution in [3.8, 4) is 0 Å². The highest BCUT2D eigenvalue weighted by molar-refractivity contribution is 5.82. The van der Waals surface area contributed by atoms with E-state index in [-0.39, 0.29) is 19.0 Å². The normalized spacial score (nSPS) is 24.6. The van der Waals surface area contributed by atoms with E-state index in [1.807, 2.05) is 0 Å². The molecule has 6 N–H and O–H groups in total. The Morgan fingerprint density at radius 3 is 2.59 bits per heavy atom. The Labute approximate surface area is 169 Å². The molecule has 0 spiro atoms. The van der Waals surface area contributed by atoms with Crippen LogP contribution in [0.1, 0.15) is 20.3 Å². The molecule has 2 aromatic heterocycles. The number of nitrogens with one attached hydrogen (secondary N) is 1. The van der Waals surface area contributed by atoms with E-state index in [4.69, 9.17) is 10.5 Å². The lowest BCUT2D eigenvalue weighted by atomic mass is 10.1. The first-order valence-corrected chi connectivity index (χ1v) is 10.0.